The van der Waals surface area contributed by atoms with Crippen LogP contribution in [0.25, 0.3) is 0 Å². The highest BCUT2D eigenvalue weighted by atomic mass is 31.2. The maximum absolute atomic E-state index is 11.3. The van der Waals surface area contributed by atoms with Gasteiger partial charge < -0.3 is 14.7 Å². The fourth-order valence-electron chi connectivity index (χ4n) is 1.26. The van der Waals surface area contributed by atoms with Crippen LogP contribution in [0.15, 0.2) is 0 Å². The van der Waals surface area contributed by atoms with Crippen LogP contribution in [0.2, 0.25) is 0 Å². The van der Waals surface area contributed by atoms with E-state index >= 15 is 0 Å². The summed E-state index contributed by atoms with van der Waals surface area (Å²) in [5, 5.41) is 8.32. The number of ether oxygens (including phenoxy) is 1. The normalized spacial score (nSPS) is 24.9. The third kappa shape index (κ3) is 5.58. The number of carbonyl (C=O) groups is 1. The second-order valence-corrected chi connectivity index (χ2v) is 4.80. The fraction of sp³-hybridized carbons (Fsp3) is 0.875. The first-order valence-corrected chi connectivity index (χ1v) is 6.44. The van der Waals surface area contributed by atoms with E-state index in [1.165, 1.54) is 0 Å². The Morgan fingerprint density at radius 1 is 1.56 bits per heavy atom. The lowest BCUT2D eigenvalue weighted by molar-refractivity contribution is -0.137. The van der Waals surface area contributed by atoms with Crippen molar-refractivity contribution in [3.63, 3.8) is 0 Å². The first-order valence-electron chi connectivity index (χ1n) is 4.95. The van der Waals surface area contributed by atoms with Gasteiger partial charge in [0.25, 0.3) is 0 Å². The minimum absolute atomic E-state index is 0.257. The van der Waals surface area contributed by atoms with Crippen molar-refractivity contribution in [3.05, 3.63) is 0 Å². The molecule has 0 radical (unpaired) electrons. The molecule has 0 bridgehead atoms. The van der Waals surface area contributed by atoms with E-state index in [9.17, 15) is 14.3 Å². The van der Waals surface area contributed by atoms with Gasteiger partial charge in [-0.3, -0.25) is 13.8 Å². The molecule has 8 heteroatoms. The zero-order valence-corrected chi connectivity index (χ0v) is 9.60. The zero-order chi connectivity index (χ0) is 12.0. The van der Waals surface area contributed by atoms with Crippen molar-refractivity contribution >= 4 is 13.8 Å². The van der Waals surface area contributed by atoms with Gasteiger partial charge in [0.05, 0.1) is 25.7 Å². The molecule has 0 spiro atoms. The summed E-state index contributed by atoms with van der Waals surface area (Å²) < 4.78 is 25.7. The van der Waals surface area contributed by atoms with Gasteiger partial charge in [0.2, 0.25) is 0 Å². The second kappa shape index (κ2) is 6.32. The van der Waals surface area contributed by atoms with E-state index in [0.29, 0.717) is 13.0 Å². The van der Waals surface area contributed by atoms with E-state index in [2.05, 4.69) is 4.52 Å². The minimum atomic E-state index is -4.16. The number of rotatable bonds is 6. The predicted molar refractivity (Wildman–Crippen MR) is 53.0 cm³/mol. The van der Waals surface area contributed by atoms with Crippen molar-refractivity contribution in [1.82, 2.24) is 0 Å². The van der Waals surface area contributed by atoms with E-state index in [-0.39, 0.29) is 19.6 Å². The molecule has 0 saturated carbocycles. The minimum Gasteiger partial charge on any atom is -0.481 e. The van der Waals surface area contributed by atoms with Crippen molar-refractivity contribution in [2.75, 3.05) is 19.8 Å². The average Bonchev–Trinajstić information content (AvgIpc) is 2.17. The van der Waals surface area contributed by atoms with Crippen LogP contribution in [0.4, 0.5) is 0 Å². The Hall–Kier alpha value is -0.460. The van der Waals surface area contributed by atoms with Gasteiger partial charge >= 0.3 is 13.8 Å². The first-order chi connectivity index (χ1) is 7.49. The summed E-state index contributed by atoms with van der Waals surface area (Å²) >= 11 is 0. The molecule has 1 rings (SSSR count). The van der Waals surface area contributed by atoms with Gasteiger partial charge in [-0.15, -0.1) is 0 Å². The molecular weight excluding hydrogens is 239 g/mol. The SMILES string of the molecule is O=C(O)CCOP(=O)(O)O[C@@H]1CCCOC1. The molecule has 0 aromatic heterocycles. The highest BCUT2D eigenvalue weighted by Crippen LogP contribution is 2.45. The molecule has 7 nitrogen and oxygen atoms in total. The summed E-state index contributed by atoms with van der Waals surface area (Å²) in [6, 6.07) is 0. The Morgan fingerprint density at radius 2 is 2.31 bits per heavy atom. The number of hydrogen-bond acceptors (Lipinski definition) is 5. The lowest BCUT2D eigenvalue weighted by Gasteiger charge is -2.23. The molecule has 1 aliphatic rings. The number of carboxylic acids is 1. The summed E-state index contributed by atoms with van der Waals surface area (Å²) in [6.07, 6.45) is 0.594. The molecule has 94 valence electrons. The van der Waals surface area contributed by atoms with Crippen LogP contribution in [-0.4, -0.2) is 41.9 Å². The average molecular weight is 254 g/mol. The van der Waals surface area contributed by atoms with E-state index in [0.717, 1.165) is 6.42 Å². The summed E-state index contributed by atoms with van der Waals surface area (Å²) in [4.78, 5) is 19.4. The van der Waals surface area contributed by atoms with Crippen molar-refractivity contribution < 1.29 is 33.1 Å². The van der Waals surface area contributed by atoms with Gasteiger partial charge in [0.1, 0.15) is 0 Å². The highest BCUT2D eigenvalue weighted by molar-refractivity contribution is 7.47. The monoisotopic (exact) mass is 254 g/mol. The maximum Gasteiger partial charge on any atom is 0.472 e. The van der Waals surface area contributed by atoms with E-state index in [1.807, 2.05) is 0 Å². The quantitative estimate of drug-likeness (QED) is 0.675. The zero-order valence-electron chi connectivity index (χ0n) is 8.70. The van der Waals surface area contributed by atoms with E-state index < -0.39 is 19.9 Å². The summed E-state index contributed by atoms with van der Waals surface area (Å²) in [7, 11) is -4.16. The molecule has 1 aliphatic heterocycles. The molecule has 1 unspecified atom stereocenters. The third-order valence-corrected chi connectivity index (χ3v) is 3.04. The molecule has 1 saturated heterocycles. The third-order valence-electron chi connectivity index (χ3n) is 1.97. The van der Waals surface area contributed by atoms with Gasteiger partial charge in [0, 0.05) is 6.61 Å². The molecule has 0 aromatic rings. The van der Waals surface area contributed by atoms with Gasteiger partial charge in [-0.2, -0.15) is 0 Å². The van der Waals surface area contributed by atoms with Crippen molar-refractivity contribution in [2.45, 2.75) is 25.4 Å². The standard InChI is InChI=1S/C8H15O7P/c9-8(10)3-5-14-16(11,12)15-7-2-1-4-13-6-7/h7H,1-6H2,(H,9,10)(H,11,12)/t7-/m1/s1. The van der Waals surface area contributed by atoms with Crippen LogP contribution in [-0.2, 0) is 23.1 Å². The Balaban J connectivity index is 2.26. The van der Waals surface area contributed by atoms with Crippen molar-refractivity contribution in [3.8, 4) is 0 Å². The van der Waals surface area contributed by atoms with Crippen molar-refractivity contribution in [1.29, 1.82) is 0 Å². The molecule has 2 atom stereocenters. The van der Waals surface area contributed by atoms with Gasteiger partial charge in [-0.05, 0) is 12.8 Å². The predicted octanol–water partition coefficient (Wildman–Crippen LogP) is 0.774. The van der Waals surface area contributed by atoms with Gasteiger partial charge in [0.15, 0.2) is 0 Å². The van der Waals surface area contributed by atoms with Crippen LogP contribution < -0.4 is 0 Å². The largest absolute Gasteiger partial charge is 0.481 e. The Bertz CT molecular complexity index is 274. The Labute approximate surface area is 92.9 Å². The molecule has 2 N–H and O–H groups in total. The number of phosphoric ester groups is 1. The Kier molecular flexibility index (Phi) is 5.37. The molecule has 1 fully saturated rings. The van der Waals surface area contributed by atoms with E-state index in [1.54, 1.807) is 0 Å². The molecule has 16 heavy (non-hydrogen) atoms. The van der Waals surface area contributed by atoms with Crippen molar-refractivity contribution in [2.24, 2.45) is 0 Å². The molecule has 0 aliphatic carbocycles. The summed E-state index contributed by atoms with van der Waals surface area (Å²) in [5.41, 5.74) is 0. The lowest BCUT2D eigenvalue weighted by atomic mass is 10.2. The maximum atomic E-state index is 11.3. The van der Waals surface area contributed by atoms with Crippen LogP contribution in [0.1, 0.15) is 19.3 Å². The topological polar surface area (TPSA) is 102 Å². The van der Waals surface area contributed by atoms with Gasteiger partial charge in [-0.1, -0.05) is 0 Å². The lowest BCUT2D eigenvalue weighted by Crippen LogP contribution is -2.24. The van der Waals surface area contributed by atoms with Crippen LogP contribution >= 0.6 is 7.82 Å². The van der Waals surface area contributed by atoms with Gasteiger partial charge in [-0.25, -0.2) is 4.57 Å². The highest BCUT2D eigenvalue weighted by Gasteiger charge is 2.28. The fourth-order valence-corrected chi connectivity index (χ4v) is 2.19. The molecule has 0 amide bonds. The first kappa shape index (κ1) is 13.6. The molecular formula is C8H15O7P. The van der Waals surface area contributed by atoms with Crippen LogP contribution in [0, 0.1) is 0 Å². The number of aliphatic carboxylic acids is 1. The Morgan fingerprint density at radius 3 is 2.88 bits per heavy atom. The van der Waals surface area contributed by atoms with Crippen LogP contribution in [0.3, 0.4) is 0 Å². The number of hydrogen-bond donors (Lipinski definition) is 2. The number of carboxylic acid groups (broad SMARTS) is 1. The summed E-state index contributed by atoms with van der Waals surface area (Å²) in [6.45, 7) is 0.527. The number of phosphoric acid groups is 1. The molecule has 0 aromatic carbocycles. The summed E-state index contributed by atoms with van der Waals surface area (Å²) in [5.74, 6) is -1.10. The van der Waals surface area contributed by atoms with E-state index in [4.69, 9.17) is 14.4 Å². The van der Waals surface area contributed by atoms with Crippen LogP contribution in [0.5, 0.6) is 0 Å². The molecule has 1 heterocycles. The second-order valence-electron chi connectivity index (χ2n) is 3.39. The smallest absolute Gasteiger partial charge is 0.472 e.